The molecule has 3 aromatic carbocycles. The summed E-state index contributed by atoms with van der Waals surface area (Å²) < 4.78 is 0. The summed E-state index contributed by atoms with van der Waals surface area (Å²) in [6, 6.07) is 23.4. The topological polar surface area (TPSA) is 68.8 Å². The number of amides is 2. The van der Waals surface area contributed by atoms with Crippen LogP contribution in [-0.2, 0) is 11.3 Å². The summed E-state index contributed by atoms with van der Waals surface area (Å²) in [5.74, 6) is -0.412. The number of benzene rings is 3. The van der Waals surface area contributed by atoms with Crippen molar-refractivity contribution in [3.8, 4) is 11.1 Å². The molecule has 1 N–H and O–H groups in total. The van der Waals surface area contributed by atoms with Crippen molar-refractivity contribution >= 4 is 34.0 Å². The third-order valence-corrected chi connectivity index (χ3v) is 8.76. The van der Waals surface area contributed by atoms with Crippen molar-refractivity contribution in [1.82, 2.24) is 14.8 Å². The summed E-state index contributed by atoms with van der Waals surface area (Å²) in [6.45, 7) is 11.3. The average Bonchev–Trinajstić information content (AvgIpc) is 3.61. The van der Waals surface area contributed by atoms with Crippen LogP contribution in [0.1, 0.15) is 48.3 Å². The van der Waals surface area contributed by atoms with E-state index in [4.69, 9.17) is 0 Å². The lowest BCUT2D eigenvalue weighted by Gasteiger charge is -2.43. The monoisotopic (exact) mass is 565 g/mol. The number of aromatic nitrogens is 1. The number of nitrogens with one attached hydrogen (secondary N) is 1. The molecule has 210 valence electrons. The zero-order valence-corrected chi connectivity index (χ0v) is 24.5. The Hall–Kier alpha value is -4.01. The van der Waals surface area contributed by atoms with Gasteiger partial charge in [-0.3, -0.25) is 19.8 Å². The molecule has 1 unspecified atom stereocenters. The highest BCUT2D eigenvalue weighted by atomic mass is 32.1. The van der Waals surface area contributed by atoms with Gasteiger partial charge in [0.2, 0.25) is 0 Å². The summed E-state index contributed by atoms with van der Waals surface area (Å²) >= 11 is 1.35. The molecule has 0 saturated carbocycles. The van der Waals surface area contributed by atoms with Crippen molar-refractivity contribution in [2.75, 3.05) is 36.4 Å². The highest BCUT2D eigenvalue weighted by Crippen LogP contribution is 2.35. The maximum absolute atomic E-state index is 13.8. The van der Waals surface area contributed by atoms with Crippen molar-refractivity contribution in [1.29, 1.82) is 0 Å². The van der Waals surface area contributed by atoms with Gasteiger partial charge in [0.1, 0.15) is 6.04 Å². The van der Waals surface area contributed by atoms with Gasteiger partial charge in [0.25, 0.3) is 11.8 Å². The molecule has 3 heterocycles. The third kappa shape index (κ3) is 5.62. The first-order chi connectivity index (χ1) is 19.8. The molecule has 2 aliphatic heterocycles. The van der Waals surface area contributed by atoms with E-state index in [-0.39, 0.29) is 17.4 Å². The number of rotatable bonds is 6. The van der Waals surface area contributed by atoms with E-state index in [1.807, 2.05) is 47.8 Å². The van der Waals surface area contributed by atoms with Crippen LogP contribution in [0.5, 0.6) is 0 Å². The molecule has 2 aliphatic rings. The Morgan fingerprint density at radius 1 is 0.927 bits per heavy atom. The minimum absolute atomic E-state index is 0.140. The van der Waals surface area contributed by atoms with Crippen LogP contribution in [0.2, 0.25) is 0 Å². The number of nitrogens with zero attached hydrogens (tertiary/aromatic N) is 4. The number of hydrogen-bond donors (Lipinski definition) is 1. The van der Waals surface area contributed by atoms with Crippen LogP contribution in [0.25, 0.3) is 11.1 Å². The lowest BCUT2D eigenvalue weighted by atomic mass is 10.00. The second-order valence-corrected chi connectivity index (χ2v) is 12.5. The number of anilines is 2. The van der Waals surface area contributed by atoms with Crippen LogP contribution in [0.3, 0.4) is 0 Å². The Bertz CT molecular complexity index is 1520. The van der Waals surface area contributed by atoms with Crippen molar-refractivity contribution in [3.05, 3.63) is 101 Å². The van der Waals surface area contributed by atoms with Crippen LogP contribution in [0, 0.1) is 0 Å². The van der Waals surface area contributed by atoms with Gasteiger partial charge in [-0.2, -0.15) is 0 Å². The fourth-order valence-corrected chi connectivity index (χ4v) is 6.31. The van der Waals surface area contributed by atoms with Gasteiger partial charge in [-0.1, -0.05) is 54.6 Å². The molecule has 1 saturated heterocycles. The maximum Gasteiger partial charge on any atom is 0.255 e. The van der Waals surface area contributed by atoms with Crippen LogP contribution < -0.4 is 10.2 Å². The molecule has 0 bridgehead atoms. The van der Waals surface area contributed by atoms with E-state index in [0.717, 1.165) is 48.4 Å². The molecule has 1 atom stereocenters. The van der Waals surface area contributed by atoms with Crippen LogP contribution >= 0.6 is 11.3 Å². The third-order valence-electron chi connectivity index (χ3n) is 8.07. The van der Waals surface area contributed by atoms with Gasteiger partial charge in [-0.15, -0.1) is 11.3 Å². The molecule has 1 aromatic heterocycles. The zero-order valence-electron chi connectivity index (χ0n) is 23.7. The van der Waals surface area contributed by atoms with Crippen molar-refractivity contribution in [2.24, 2.45) is 0 Å². The Morgan fingerprint density at radius 3 is 2.29 bits per heavy atom. The van der Waals surface area contributed by atoms with Crippen LogP contribution in [-0.4, -0.2) is 58.3 Å². The summed E-state index contributed by atoms with van der Waals surface area (Å²) in [5, 5.41) is 5.22. The van der Waals surface area contributed by atoms with Gasteiger partial charge in [0.05, 0.1) is 0 Å². The van der Waals surface area contributed by atoms with Crippen molar-refractivity contribution < 1.29 is 9.59 Å². The maximum atomic E-state index is 13.8. The molecule has 0 spiro atoms. The van der Waals surface area contributed by atoms with Gasteiger partial charge in [-0.25, -0.2) is 4.98 Å². The smallest absolute Gasteiger partial charge is 0.255 e. The molecule has 0 radical (unpaired) electrons. The molecule has 1 fully saturated rings. The van der Waals surface area contributed by atoms with E-state index >= 15 is 0 Å². The van der Waals surface area contributed by atoms with Gasteiger partial charge in [-0.05, 0) is 61.2 Å². The number of fused-ring (bicyclic) bond motifs is 1. The van der Waals surface area contributed by atoms with Crippen LogP contribution in [0.15, 0.2) is 84.4 Å². The highest BCUT2D eigenvalue weighted by molar-refractivity contribution is 7.13. The summed E-state index contributed by atoms with van der Waals surface area (Å²) in [6.07, 6.45) is 1.65. The molecular formula is C33H35N5O2S. The molecular weight excluding hydrogens is 530 g/mol. The van der Waals surface area contributed by atoms with E-state index < -0.39 is 6.04 Å². The molecule has 7 nitrogen and oxygen atoms in total. The average molecular weight is 566 g/mol. The number of carbonyl (C=O) groups excluding carboxylic acids is 2. The lowest BCUT2D eigenvalue weighted by molar-refractivity contribution is -0.120. The number of thiazole rings is 1. The first kappa shape index (κ1) is 27.2. The van der Waals surface area contributed by atoms with Crippen LogP contribution in [0.4, 0.5) is 10.8 Å². The molecule has 8 heteroatoms. The first-order valence-electron chi connectivity index (χ1n) is 14.1. The molecule has 4 aromatic rings. The fraction of sp³-hybridized carbons (Fsp3) is 0.303. The Morgan fingerprint density at radius 2 is 1.63 bits per heavy atom. The number of hydrogen-bond acceptors (Lipinski definition) is 6. The quantitative estimate of drug-likeness (QED) is 0.308. The second-order valence-electron chi connectivity index (χ2n) is 11.6. The van der Waals surface area contributed by atoms with Gasteiger partial charge in [0, 0.05) is 61.1 Å². The molecule has 2 amide bonds. The normalized spacial score (nSPS) is 16.5. The summed E-state index contributed by atoms with van der Waals surface area (Å²) in [7, 11) is 0. The largest absolute Gasteiger partial charge is 0.369 e. The molecule has 41 heavy (non-hydrogen) atoms. The second kappa shape index (κ2) is 11.1. The van der Waals surface area contributed by atoms with E-state index in [1.54, 1.807) is 11.1 Å². The first-order valence-corrected chi connectivity index (χ1v) is 15.0. The van der Waals surface area contributed by atoms with E-state index in [2.05, 4.69) is 71.2 Å². The highest BCUT2D eigenvalue weighted by Gasteiger charge is 2.38. The Balaban J connectivity index is 1.20. The number of piperazine rings is 1. The SMILES string of the molecule is CC(C)(C)N1CCN(c2ccc(-c3ccc4c(c3)C(=O)N(C(C(=O)Nc3nccs3)c3ccccc3)C4)cc2)CC1. The molecule has 0 aliphatic carbocycles. The van der Waals surface area contributed by atoms with Gasteiger partial charge < -0.3 is 9.80 Å². The zero-order chi connectivity index (χ0) is 28.6. The Kier molecular flexibility index (Phi) is 7.36. The van der Waals surface area contributed by atoms with Gasteiger partial charge in [0.15, 0.2) is 5.13 Å². The van der Waals surface area contributed by atoms with E-state index in [9.17, 15) is 9.59 Å². The minimum atomic E-state index is -0.763. The fourth-order valence-electron chi connectivity index (χ4n) is 5.78. The minimum Gasteiger partial charge on any atom is -0.369 e. The van der Waals surface area contributed by atoms with Gasteiger partial charge >= 0.3 is 0 Å². The standard InChI is InChI=1S/C33H35N5O2S/c1-33(2,3)37-18-16-36(17-19-37)27-13-11-23(12-14-27)25-9-10-26-22-38(31(40)28(26)21-25)29(24-7-5-4-6-8-24)30(39)35-32-34-15-20-41-32/h4-15,20-21,29H,16-19,22H2,1-3H3,(H,34,35,39). The Labute approximate surface area is 245 Å². The van der Waals surface area contributed by atoms with Crippen molar-refractivity contribution in [3.63, 3.8) is 0 Å². The van der Waals surface area contributed by atoms with E-state index in [0.29, 0.717) is 17.2 Å². The molecule has 6 rings (SSSR count). The summed E-state index contributed by atoms with van der Waals surface area (Å²) in [5.41, 5.74) is 5.82. The lowest BCUT2D eigenvalue weighted by Crippen LogP contribution is -2.53. The summed E-state index contributed by atoms with van der Waals surface area (Å²) in [4.78, 5) is 38.1. The predicted molar refractivity (Wildman–Crippen MR) is 165 cm³/mol. The van der Waals surface area contributed by atoms with E-state index in [1.165, 1.54) is 17.0 Å². The number of carbonyl (C=O) groups is 2. The van der Waals surface area contributed by atoms with Crippen molar-refractivity contribution in [2.45, 2.75) is 38.9 Å². The predicted octanol–water partition coefficient (Wildman–Crippen LogP) is 6.07.